The molecule has 5 heteroatoms. The second-order valence-electron chi connectivity index (χ2n) is 6.21. The summed E-state index contributed by atoms with van der Waals surface area (Å²) >= 11 is 0. The largest absolute Gasteiger partial charge is 0.379 e. The molecule has 0 bridgehead atoms. The van der Waals surface area contributed by atoms with Crippen LogP contribution < -0.4 is 4.90 Å². The number of nitrogens with zero attached hydrogens (tertiary/aromatic N) is 3. The smallest absolute Gasteiger partial charge is 0.261 e. The fourth-order valence-electron chi connectivity index (χ4n) is 3.07. The Morgan fingerprint density at radius 1 is 1.22 bits per heavy atom. The normalized spacial score (nSPS) is 20.2. The maximum Gasteiger partial charge on any atom is 0.261 e. The third-order valence-corrected chi connectivity index (χ3v) is 4.56. The standard InChI is InChI=1S/C18H19N3O2/c1-23-15-8-13-4-2-3-5-16(13)21(11-15)18(22)14-9-19-17(20-10-14)12-6-7-12/h2-5,9-10,12,15H,6-8,11H2,1H3. The van der Waals surface area contributed by atoms with Gasteiger partial charge < -0.3 is 9.64 Å². The van der Waals surface area contributed by atoms with Crippen molar-refractivity contribution in [2.24, 2.45) is 0 Å². The minimum atomic E-state index is -0.0680. The topological polar surface area (TPSA) is 55.3 Å². The second-order valence-corrected chi connectivity index (χ2v) is 6.21. The second kappa shape index (κ2) is 5.74. The van der Waals surface area contributed by atoms with Gasteiger partial charge in [0.1, 0.15) is 5.82 Å². The zero-order valence-corrected chi connectivity index (χ0v) is 13.1. The van der Waals surface area contributed by atoms with Crippen molar-refractivity contribution >= 4 is 11.6 Å². The van der Waals surface area contributed by atoms with Crippen LogP contribution in [0.2, 0.25) is 0 Å². The zero-order valence-electron chi connectivity index (χ0n) is 13.1. The molecule has 1 saturated carbocycles. The van der Waals surface area contributed by atoms with Gasteiger partial charge in [-0.3, -0.25) is 4.79 Å². The highest BCUT2D eigenvalue weighted by Crippen LogP contribution is 2.37. The quantitative estimate of drug-likeness (QED) is 0.874. The summed E-state index contributed by atoms with van der Waals surface area (Å²) in [5.74, 6) is 1.28. The van der Waals surface area contributed by atoms with E-state index in [0.29, 0.717) is 18.0 Å². The Kier molecular flexibility index (Phi) is 3.58. The number of para-hydroxylation sites is 1. The van der Waals surface area contributed by atoms with Gasteiger partial charge in [-0.05, 0) is 24.5 Å². The zero-order chi connectivity index (χ0) is 15.8. The number of carbonyl (C=O) groups is 1. The molecule has 1 unspecified atom stereocenters. The average Bonchev–Trinajstić information content (AvgIpc) is 3.45. The van der Waals surface area contributed by atoms with Crippen LogP contribution in [0.3, 0.4) is 0 Å². The molecule has 1 amide bonds. The van der Waals surface area contributed by atoms with E-state index in [2.05, 4.69) is 9.97 Å². The maximum absolute atomic E-state index is 12.9. The van der Waals surface area contributed by atoms with Crippen LogP contribution in [-0.2, 0) is 11.2 Å². The molecule has 1 aromatic carbocycles. The summed E-state index contributed by atoms with van der Waals surface area (Å²) in [4.78, 5) is 23.4. The molecular weight excluding hydrogens is 290 g/mol. The molecule has 4 rings (SSSR count). The molecule has 1 aliphatic carbocycles. The molecular formula is C18H19N3O2. The fraction of sp³-hybridized carbons (Fsp3) is 0.389. The highest BCUT2D eigenvalue weighted by atomic mass is 16.5. The third-order valence-electron chi connectivity index (χ3n) is 4.56. The molecule has 0 radical (unpaired) electrons. The van der Waals surface area contributed by atoms with Gasteiger partial charge in [-0.2, -0.15) is 0 Å². The van der Waals surface area contributed by atoms with Gasteiger partial charge in [-0.25, -0.2) is 9.97 Å². The van der Waals surface area contributed by atoms with Crippen LogP contribution in [-0.4, -0.2) is 35.6 Å². The molecule has 1 atom stereocenters. The monoisotopic (exact) mass is 309 g/mol. The van der Waals surface area contributed by atoms with Crippen molar-refractivity contribution in [3.8, 4) is 0 Å². The van der Waals surface area contributed by atoms with Crippen molar-refractivity contribution in [3.63, 3.8) is 0 Å². The fourth-order valence-corrected chi connectivity index (χ4v) is 3.07. The first kappa shape index (κ1) is 14.3. The molecule has 0 spiro atoms. The van der Waals surface area contributed by atoms with Gasteiger partial charge in [0.15, 0.2) is 0 Å². The predicted octanol–water partition coefficient (Wildman–Crippen LogP) is 2.57. The van der Waals surface area contributed by atoms with Crippen LogP contribution in [0.1, 0.15) is 40.5 Å². The Morgan fingerprint density at radius 3 is 2.65 bits per heavy atom. The molecule has 1 aromatic heterocycles. The molecule has 2 aromatic rings. The van der Waals surface area contributed by atoms with Gasteiger partial charge in [0.2, 0.25) is 0 Å². The Labute approximate surface area is 135 Å². The lowest BCUT2D eigenvalue weighted by atomic mass is 9.99. The van der Waals surface area contributed by atoms with E-state index >= 15 is 0 Å². The molecule has 118 valence electrons. The van der Waals surface area contributed by atoms with Crippen molar-refractivity contribution in [1.82, 2.24) is 9.97 Å². The SMILES string of the molecule is COC1Cc2ccccc2N(C(=O)c2cnc(C3CC3)nc2)C1. The number of hydrogen-bond donors (Lipinski definition) is 0. The minimum absolute atomic E-state index is 0.0144. The van der Waals surface area contributed by atoms with Gasteiger partial charge >= 0.3 is 0 Å². The predicted molar refractivity (Wildman–Crippen MR) is 86.6 cm³/mol. The number of rotatable bonds is 3. The van der Waals surface area contributed by atoms with Gasteiger partial charge in [-0.15, -0.1) is 0 Å². The van der Waals surface area contributed by atoms with Crippen LogP contribution in [0.25, 0.3) is 0 Å². The van der Waals surface area contributed by atoms with Gasteiger partial charge in [0, 0.05) is 37.5 Å². The Morgan fingerprint density at radius 2 is 1.96 bits per heavy atom. The summed E-state index contributed by atoms with van der Waals surface area (Å²) in [6, 6.07) is 7.98. The number of aromatic nitrogens is 2. The van der Waals surface area contributed by atoms with Gasteiger partial charge in [-0.1, -0.05) is 18.2 Å². The first-order chi connectivity index (χ1) is 11.3. The summed E-state index contributed by atoms with van der Waals surface area (Å²) < 4.78 is 5.50. The highest BCUT2D eigenvalue weighted by Gasteiger charge is 2.30. The van der Waals surface area contributed by atoms with Crippen LogP contribution >= 0.6 is 0 Å². The summed E-state index contributed by atoms with van der Waals surface area (Å²) in [5.41, 5.74) is 2.62. The summed E-state index contributed by atoms with van der Waals surface area (Å²) in [7, 11) is 1.69. The van der Waals surface area contributed by atoms with E-state index in [9.17, 15) is 4.79 Å². The summed E-state index contributed by atoms with van der Waals surface area (Å²) in [5, 5.41) is 0. The number of amides is 1. The van der Waals surface area contributed by atoms with E-state index in [1.54, 1.807) is 24.4 Å². The van der Waals surface area contributed by atoms with E-state index in [1.807, 2.05) is 24.3 Å². The van der Waals surface area contributed by atoms with E-state index < -0.39 is 0 Å². The summed E-state index contributed by atoms with van der Waals surface area (Å²) in [6.07, 6.45) is 6.46. The lowest BCUT2D eigenvalue weighted by molar-refractivity contribution is 0.0869. The number of hydrogen-bond acceptors (Lipinski definition) is 4. The first-order valence-corrected chi connectivity index (χ1v) is 8.01. The van der Waals surface area contributed by atoms with Crippen LogP contribution in [0, 0.1) is 0 Å². The number of anilines is 1. The van der Waals surface area contributed by atoms with Crippen molar-refractivity contribution in [3.05, 3.63) is 53.6 Å². The van der Waals surface area contributed by atoms with E-state index in [1.165, 1.54) is 0 Å². The Bertz CT molecular complexity index is 725. The minimum Gasteiger partial charge on any atom is -0.379 e. The van der Waals surface area contributed by atoms with E-state index in [0.717, 1.165) is 36.3 Å². The highest BCUT2D eigenvalue weighted by molar-refractivity contribution is 6.06. The van der Waals surface area contributed by atoms with E-state index in [-0.39, 0.29) is 12.0 Å². The third kappa shape index (κ3) is 2.72. The molecule has 1 fully saturated rings. The number of methoxy groups -OCH3 is 1. The Balaban J connectivity index is 1.64. The molecule has 23 heavy (non-hydrogen) atoms. The van der Waals surface area contributed by atoms with Crippen molar-refractivity contribution in [2.75, 3.05) is 18.6 Å². The number of benzene rings is 1. The Hall–Kier alpha value is -2.27. The van der Waals surface area contributed by atoms with Crippen molar-refractivity contribution < 1.29 is 9.53 Å². The van der Waals surface area contributed by atoms with Gasteiger partial charge in [0.25, 0.3) is 5.91 Å². The molecule has 0 saturated heterocycles. The first-order valence-electron chi connectivity index (χ1n) is 8.01. The molecule has 0 N–H and O–H groups in total. The maximum atomic E-state index is 12.9. The summed E-state index contributed by atoms with van der Waals surface area (Å²) in [6.45, 7) is 0.552. The van der Waals surface area contributed by atoms with Crippen molar-refractivity contribution in [2.45, 2.75) is 31.3 Å². The van der Waals surface area contributed by atoms with Crippen LogP contribution in [0.5, 0.6) is 0 Å². The lowest BCUT2D eigenvalue weighted by Crippen LogP contribution is -2.43. The van der Waals surface area contributed by atoms with Crippen molar-refractivity contribution in [1.29, 1.82) is 0 Å². The lowest BCUT2D eigenvalue weighted by Gasteiger charge is -2.33. The van der Waals surface area contributed by atoms with Crippen LogP contribution in [0.4, 0.5) is 5.69 Å². The van der Waals surface area contributed by atoms with Crippen LogP contribution in [0.15, 0.2) is 36.7 Å². The molecule has 1 aliphatic heterocycles. The average molecular weight is 309 g/mol. The van der Waals surface area contributed by atoms with Gasteiger partial charge in [0.05, 0.1) is 18.2 Å². The molecule has 2 aliphatic rings. The molecule has 2 heterocycles. The number of ether oxygens (including phenoxy) is 1. The van der Waals surface area contributed by atoms with E-state index in [4.69, 9.17) is 4.74 Å². The molecule has 5 nitrogen and oxygen atoms in total. The number of fused-ring (bicyclic) bond motifs is 1. The number of carbonyl (C=O) groups excluding carboxylic acids is 1.